The van der Waals surface area contributed by atoms with Crippen LogP contribution in [-0.2, 0) is 11.2 Å². The third kappa shape index (κ3) is 3.11. The number of carbonyl (C=O) groups is 3. The van der Waals surface area contributed by atoms with Crippen LogP contribution in [0.1, 0.15) is 39.1 Å². The minimum atomic E-state index is -0.786. The van der Waals surface area contributed by atoms with Crippen LogP contribution in [0.5, 0.6) is 0 Å². The Balaban J connectivity index is 1.69. The minimum absolute atomic E-state index is 0.171. The van der Waals surface area contributed by atoms with E-state index in [4.69, 9.17) is 0 Å². The topological polar surface area (TPSA) is 57.7 Å². The molecule has 0 aromatic heterocycles. The van der Waals surface area contributed by atoms with Gasteiger partial charge in [0.1, 0.15) is 6.04 Å². The third-order valence-corrected chi connectivity index (χ3v) is 6.04. The Labute approximate surface area is 168 Å². The minimum Gasteiger partial charge on any atom is -0.310 e. The van der Waals surface area contributed by atoms with Gasteiger partial charge in [0.25, 0.3) is 11.8 Å². The highest BCUT2D eigenvalue weighted by atomic mass is 32.2. The maximum atomic E-state index is 13.6. The number of aryl methyl sites for hydroxylation is 1. The highest BCUT2D eigenvalue weighted by Gasteiger charge is 2.44. The molecule has 2 aliphatic heterocycles. The Hall–Kier alpha value is -2.60. The molecule has 28 heavy (non-hydrogen) atoms. The first kappa shape index (κ1) is 18.7. The number of hydrogen-bond donors (Lipinski definition) is 0. The maximum absolute atomic E-state index is 13.6. The number of anilines is 1. The average Bonchev–Trinajstić information content (AvgIpc) is 2.99. The fourth-order valence-corrected chi connectivity index (χ4v) is 4.48. The van der Waals surface area contributed by atoms with E-state index in [1.807, 2.05) is 30.5 Å². The molecule has 144 valence electrons. The summed E-state index contributed by atoms with van der Waals surface area (Å²) < 4.78 is 0. The molecule has 0 aliphatic carbocycles. The summed E-state index contributed by atoms with van der Waals surface area (Å²) in [6.45, 7) is 0.606. The molecule has 4 rings (SSSR count). The van der Waals surface area contributed by atoms with Crippen molar-refractivity contribution in [3.63, 3.8) is 0 Å². The number of para-hydroxylation sites is 1. The zero-order valence-corrected chi connectivity index (χ0v) is 16.6. The molecule has 2 aromatic rings. The van der Waals surface area contributed by atoms with Gasteiger partial charge in [0.05, 0.1) is 11.1 Å². The van der Waals surface area contributed by atoms with Gasteiger partial charge in [-0.3, -0.25) is 19.3 Å². The smallest absolute Gasteiger partial charge is 0.262 e. The maximum Gasteiger partial charge on any atom is 0.262 e. The molecule has 2 heterocycles. The number of imide groups is 1. The van der Waals surface area contributed by atoms with Gasteiger partial charge in [-0.2, -0.15) is 11.8 Å². The Kier molecular flexibility index (Phi) is 5.22. The zero-order chi connectivity index (χ0) is 19.7. The number of fused-ring (bicyclic) bond motifs is 2. The molecule has 5 nitrogen and oxygen atoms in total. The van der Waals surface area contributed by atoms with Crippen LogP contribution >= 0.6 is 11.8 Å². The average molecular weight is 394 g/mol. The van der Waals surface area contributed by atoms with Crippen molar-refractivity contribution in [1.29, 1.82) is 0 Å². The van der Waals surface area contributed by atoms with E-state index in [0.29, 0.717) is 29.8 Å². The van der Waals surface area contributed by atoms with E-state index in [1.54, 1.807) is 40.9 Å². The van der Waals surface area contributed by atoms with E-state index in [2.05, 4.69) is 0 Å². The van der Waals surface area contributed by atoms with E-state index in [9.17, 15) is 14.4 Å². The van der Waals surface area contributed by atoms with Crippen LogP contribution in [0, 0.1) is 0 Å². The molecule has 0 spiro atoms. The summed E-state index contributed by atoms with van der Waals surface area (Å²) in [4.78, 5) is 42.4. The Morgan fingerprint density at radius 1 is 1.04 bits per heavy atom. The van der Waals surface area contributed by atoms with E-state index in [0.717, 1.165) is 24.1 Å². The highest BCUT2D eigenvalue weighted by molar-refractivity contribution is 7.98. The van der Waals surface area contributed by atoms with Crippen molar-refractivity contribution in [2.24, 2.45) is 0 Å². The Bertz CT molecular complexity index is 908. The zero-order valence-electron chi connectivity index (χ0n) is 15.8. The number of rotatable bonds is 5. The summed E-state index contributed by atoms with van der Waals surface area (Å²) in [7, 11) is 0. The number of hydrogen-bond acceptors (Lipinski definition) is 4. The van der Waals surface area contributed by atoms with Crippen LogP contribution in [-0.4, -0.2) is 47.2 Å². The molecule has 3 amide bonds. The van der Waals surface area contributed by atoms with Gasteiger partial charge in [-0.1, -0.05) is 30.3 Å². The molecular weight excluding hydrogens is 372 g/mol. The summed E-state index contributed by atoms with van der Waals surface area (Å²) in [5, 5.41) is 0. The third-order valence-electron chi connectivity index (χ3n) is 5.39. The molecule has 0 N–H and O–H groups in total. The Morgan fingerprint density at radius 2 is 1.68 bits per heavy atom. The van der Waals surface area contributed by atoms with E-state index < -0.39 is 6.04 Å². The monoisotopic (exact) mass is 394 g/mol. The number of amides is 3. The predicted octanol–water partition coefficient (Wildman–Crippen LogP) is 3.38. The normalized spacial score (nSPS) is 16.8. The number of benzene rings is 2. The number of carbonyl (C=O) groups excluding carboxylic acids is 3. The lowest BCUT2D eigenvalue weighted by Crippen LogP contribution is -2.52. The first-order chi connectivity index (χ1) is 13.6. The molecule has 0 saturated heterocycles. The lowest BCUT2D eigenvalue weighted by molar-refractivity contribution is -0.122. The molecule has 2 aromatic carbocycles. The van der Waals surface area contributed by atoms with Crippen LogP contribution in [0.3, 0.4) is 0 Å². The molecular formula is C22H22N2O3S. The van der Waals surface area contributed by atoms with Gasteiger partial charge in [-0.05, 0) is 55.0 Å². The molecule has 1 unspecified atom stereocenters. The van der Waals surface area contributed by atoms with Gasteiger partial charge < -0.3 is 4.90 Å². The fraction of sp³-hybridized carbons (Fsp3) is 0.318. The lowest BCUT2D eigenvalue weighted by atomic mass is 10.00. The van der Waals surface area contributed by atoms with Gasteiger partial charge in [-0.25, -0.2) is 0 Å². The quantitative estimate of drug-likeness (QED) is 0.730. The lowest BCUT2D eigenvalue weighted by Gasteiger charge is -2.34. The van der Waals surface area contributed by atoms with Crippen LogP contribution in [0.4, 0.5) is 5.69 Å². The first-order valence-electron chi connectivity index (χ1n) is 9.48. The summed E-state index contributed by atoms with van der Waals surface area (Å²) in [5.41, 5.74) is 2.79. The second kappa shape index (κ2) is 7.80. The predicted molar refractivity (Wildman–Crippen MR) is 111 cm³/mol. The van der Waals surface area contributed by atoms with Gasteiger partial charge in [0.15, 0.2) is 0 Å². The first-order valence-corrected chi connectivity index (χ1v) is 10.9. The van der Waals surface area contributed by atoms with Crippen LogP contribution in [0.2, 0.25) is 0 Å². The van der Waals surface area contributed by atoms with Crippen molar-refractivity contribution in [2.45, 2.75) is 25.3 Å². The Morgan fingerprint density at radius 3 is 2.36 bits per heavy atom. The molecule has 0 saturated carbocycles. The van der Waals surface area contributed by atoms with Gasteiger partial charge in [-0.15, -0.1) is 0 Å². The number of nitrogens with zero attached hydrogens (tertiary/aromatic N) is 2. The molecule has 2 aliphatic rings. The standard InChI is InChI=1S/C22H22N2O3S/c1-28-14-12-19(24-20(25)16-9-3-4-10-17(16)21(24)26)22(27)23-13-6-8-15-7-2-5-11-18(15)23/h2-5,7,9-11,19H,6,8,12-14H2,1H3. The van der Waals surface area contributed by atoms with Gasteiger partial charge >= 0.3 is 0 Å². The van der Waals surface area contributed by atoms with Gasteiger partial charge in [0, 0.05) is 12.2 Å². The largest absolute Gasteiger partial charge is 0.310 e. The summed E-state index contributed by atoms with van der Waals surface area (Å²) in [5.74, 6) is -0.217. The van der Waals surface area contributed by atoms with Crippen LogP contribution in [0.15, 0.2) is 48.5 Å². The van der Waals surface area contributed by atoms with E-state index in [-0.39, 0.29) is 17.7 Å². The van der Waals surface area contributed by atoms with E-state index in [1.165, 1.54) is 4.90 Å². The summed E-state index contributed by atoms with van der Waals surface area (Å²) in [6.07, 6.45) is 4.22. The van der Waals surface area contributed by atoms with Crippen LogP contribution < -0.4 is 4.90 Å². The fourth-order valence-electron chi connectivity index (χ4n) is 4.03. The number of thioether (sulfide) groups is 1. The molecule has 1 atom stereocenters. The summed E-state index contributed by atoms with van der Waals surface area (Å²) in [6, 6.07) is 13.9. The van der Waals surface area contributed by atoms with E-state index >= 15 is 0 Å². The second-order valence-electron chi connectivity index (χ2n) is 7.05. The SMILES string of the molecule is CSCCC(C(=O)N1CCCc2ccccc21)N1C(=O)c2ccccc2C1=O. The second-order valence-corrected chi connectivity index (χ2v) is 8.03. The van der Waals surface area contributed by atoms with Crippen molar-refractivity contribution >= 4 is 35.2 Å². The van der Waals surface area contributed by atoms with Crippen LogP contribution in [0.25, 0.3) is 0 Å². The van der Waals surface area contributed by atoms with Crippen molar-refractivity contribution in [3.05, 3.63) is 65.2 Å². The molecule has 6 heteroatoms. The van der Waals surface area contributed by atoms with Gasteiger partial charge in [0.2, 0.25) is 5.91 Å². The molecule has 0 bridgehead atoms. The summed E-state index contributed by atoms with van der Waals surface area (Å²) >= 11 is 1.60. The molecule has 0 fully saturated rings. The van der Waals surface area contributed by atoms with Crippen molar-refractivity contribution in [3.8, 4) is 0 Å². The van der Waals surface area contributed by atoms with Crippen molar-refractivity contribution < 1.29 is 14.4 Å². The van der Waals surface area contributed by atoms with Crippen molar-refractivity contribution in [2.75, 3.05) is 23.5 Å². The molecule has 0 radical (unpaired) electrons. The van der Waals surface area contributed by atoms with Crippen molar-refractivity contribution in [1.82, 2.24) is 4.90 Å². The highest BCUT2D eigenvalue weighted by Crippen LogP contribution is 2.31.